The Labute approximate surface area is 125 Å². The highest BCUT2D eigenvalue weighted by atomic mass is 127. The Hall–Kier alpha value is -0.810. The molecular formula is C14H16IO3P+2. The Kier molecular flexibility index (Phi) is 8.58. The zero-order chi connectivity index (χ0) is 13.9. The van der Waals surface area contributed by atoms with Crippen LogP contribution in [0.15, 0.2) is 60.7 Å². The molecule has 2 aromatic carbocycles. The average Bonchev–Trinajstić information content (AvgIpc) is 2.49. The third kappa shape index (κ3) is 7.38. The first-order valence-corrected chi connectivity index (χ1v) is 8.82. The van der Waals surface area contributed by atoms with Crippen molar-refractivity contribution < 1.29 is 34.8 Å². The molecule has 0 spiro atoms. The van der Waals surface area contributed by atoms with Gasteiger partial charge < -0.3 is 0 Å². The molecule has 0 aromatic heterocycles. The van der Waals surface area contributed by atoms with E-state index in [0.717, 1.165) is 0 Å². The molecule has 0 saturated heterocycles. The van der Waals surface area contributed by atoms with Gasteiger partial charge >= 0.3 is 29.5 Å². The predicted molar refractivity (Wildman–Crippen MR) is 71.9 cm³/mol. The molecule has 0 bridgehead atoms. The van der Waals surface area contributed by atoms with Gasteiger partial charge in [-0.05, 0) is 24.3 Å². The lowest BCUT2D eigenvalue weighted by molar-refractivity contribution is -0.597. The molecule has 0 unspecified atom stereocenters. The lowest BCUT2D eigenvalue weighted by atomic mass is 10.4. The van der Waals surface area contributed by atoms with E-state index < -0.39 is 8.25 Å². The fourth-order valence-electron chi connectivity index (χ4n) is 1.16. The molecule has 0 N–H and O–H groups in total. The van der Waals surface area contributed by atoms with Crippen molar-refractivity contribution >= 4 is 8.25 Å². The van der Waals surface area contributed by atoms with Crippen molar-refractivity contribution in [3.63, 3.8) is 0 Å². The molecule has 0 saturated carbocycles. The molecule has 0 aliphatic heterocycles. The van der Waals surface area contributed by atoms with E-state index in [0.29, 0.717) is 0 Å². The molecule has 0 heterocycles. The Morgan fingerprint density at radius 2 is 1.16 bits per heavy atom. The Balaban J connectivity index is 0.000000258. The summed E-state index contributed by atoms with van der Waals surface area (Å²) in [5, 5.41) is 0. The first kappa shape index (κ1) is 16.2. The summed E-state index contributed by atoms with van der Waals surface area (Å²) in [7, 11) is 0.817. The highest BCUT2D eigenvalue weighted by molar-refractivity contribution is 7.33. The molecule has 0 radical (unpaired) electrons. The summed E-state index contributed by atoms with van der Waals surface area (Å²) in [6.07, 6.45) is 0. The van der Waals surface area contributed by atoms with E-state index in [9.17, 15) is 4.57 Å². The summed E-state index contributed by atoms with van der Waals surface area (Å²) in [5.41, 5.74) is 0. The van der Waals surface area contributed by atoms with E-state index in [2.05, 4.69) is 69.7 Å². The van der Waals surface area contributed by atoms with Crippen LogP contribution in [0.25, 0.3) is 0 Å². The molecule has 0 aliphatic carbocycles. The molecule has 5 heteroatoms. The minimum Gasteiger partial charge on any atom is -0.122 e. The van der Waals surface area contributed by atoms with Crippen LogP contribution in [0.1, 0.15) is 0 Å². The molecule has 2 aromatic rings. The van der Waals surface area contributed by atoms with Gasteiger partial charge in [0.15, 0.2) is 7.14 Å². The van der Waals surface area contributed by atoms with E-state index in [1.165, 1.54) is 21.4 Å². The summed E-state index contributed by atoms with van der Waals surface area (Å²) in [5.74, 6) is 0. The molecule has 0 aliphatic rings. The lowest BCUT2D eigenvalue weighted by Crippen LogP contribution is -3.61. The van der Waals surface area contributed by atoms with Gasteiger partial charge in [0.25, 0.3) is 0 Å². The third-order valence-electron chi connectivity index (χ3n) is 1.98. The maximum absolute atomic E-state index is 9.88. The first-order chi connectivity index (χ1) is 9.26. The van der Waals surface area contributed by atoms with Gasteiger partial charge in [-0.25, -0.2) is 0 Å². The van der Waals surface area contributed by atoms with Gasteiger partial charge in [0, 0.05) is 4.57 Å². The monoisotopic (exact) mass is 390 g/mol. The maximum atomic E-state index is 9.88. The number of hydrogen-bond acceptors (Lipinski definition) is 3. The van der Waals surface area contributed by atoms with E-state index in [-0.39, 0.29) is 21.2 Å². The van der Waals surface area contributed by atoms with E-state index in [4.69, 9.17) is 0 Å². The van der Waals surface area contributed by atoms with Crippen LogP contribution in [0.2, 0.25) is 0 Å². The molecule has 3 nitrogen and oxygen atoms in total. The smallest absolute Gasteiger partial charge is 0.122 e. The summed E-state index contributed by atoms with van der Waals surface area (Å²) >= 11 is 0.0287. The zero-order valence-corrected chi connectivity index (χ0v) is 13.9. The highest BCUT2D eigenvalue weighted by Gasteiger charge is 2.12. The average molecular weight is 390 g/mol. The first-order valence-electron chi connectivity index (χ1n) is 5.56. The predicted octanol–water partition coefficient (Wildman–Crippen LogP) is 0.752. The van der Waals surface area contributed by atoms with Gasteiger partial charge in [-0.15, -0.1) is 9.05 Å². The number of halogens is 1. The van der Waals surface area contributed by atoms with Crippen LogP contribution in [-0.2, 0) is 13.6 Å². The van der Waals surface area contributed by atoms with Gasteiger partial charge in [-0.3, -0.25) is 0 Å². The zero-order valence-electron chi connectivity index (χ0n) is 10.8. The topological polar surface area (TPSA) is 35.5 Å². The number of rotatable bonds is 4. The SMILES string of the molecule is CO[P+](=O)OC.c1ccc([I+]c2ccccc2)cc1. The minimum absolute atomic E-state index is 0.0287. The Morgan fingerprint density at radius 3 is 1.42 bits per heavy atom. The number of hydrogen-bond donors (Lipinski definition) is 0. The van der Waals surface area contributed by atoms with Gasteiger partial charge in [0.05, 0.1) is 14.2 Å². The van der Waals surface area contributed by atoms with Crippen molar-refractivity contribution in [1.82, 2.24) is 0 Å². The van der Waals surface area contributed by atoms with E-state index in [1.807, 2.05) is 0 Å². The molecule has 0 fully saturated rings. The second kappa shape index (κ2) is 10.0. The summed E-state index contributed by atoms with van der Waals surface area (Å²) in [6, 6.07) is 21.4. The molecule has 19 heavy (non-hydrogen) atoms. The highest BCUT2D eigenvalue weighted by Crippen LogP contribution is 2.18. The van der Waals surface area contributed by atoms with E-state index in [1.54, 1.807) is 0 Å². The van der Waals surface area contributed by atoms with Gasteiger partial charge in [0.1, 0.15) is 0 Å². The third-order valence-corrected chi connectivity index (χ3v) is 5.26. The van der Waals surface area contributed by atoms with Gasteiger partial charge in [-0.1, -0.05) is 36.4 Å². The molecule has 0 atom stereocenters. The van der Waals surface area contributed by atoms with Crippen LogP contribution in [0.4, 0.5) is 0 Å². The molecular weight excluding hydrogens is 374 g/mol. The van der Waals surface area contributed by atoms with Crippen LogP contribution in [-0.4, -0.2) is 14.2 Å². The molecule has 2 rings (SSSR count). The normalized spacial score (nSPS) is 9.37. The van der Waals surface area contributed by atoms with Crippen molar-refractivity contribution in [3.8, 4) is 0 Å². The van der Waals surface area contributed by atoms with E-state index >= 15 is 0 Å². The fourth-order valence-corrected chi connectivity index (χ4v) is 3.57. The minimum atomic E-state index is -1.83. The number of benzene rings is 2. The summed E-state index contributed by atoms with van der Waals surface area (Å²) in [6.45, 7) is 0. The standard InChI is InChI=1S/C12H10I.C2H6O3P/c1-3-7-11(8-4-1)13-12-9-5-2-6-10-12;1-4-6(3)5-2/h1-10H;1-2H3/q2*+1. The van der Waals surface area contributed by atoms with Gasteiger partial charge in [0.2, 0.25) is 0 Å². The van der Waals surface area contributed by atoms with Crippen molar-refractivity contribution in [2.24, 2.45) is 0 Å². The second-order valence-corrected chi connectivity index (χ2v) is 7.48. The molecule has 0 amide bonds. The van der Waals surface area contributed by atoms with Gasteiger partial charge in [-0.2, -0.15) is 0 Å². The van der Waals surface area contributed by atoms with Crippen molar-refractivity contribution in [2.45, 2.75) is 0 Å². The van der Waals surface area contributed by atoms with Crippen LogP contribution < -0.4 is 21.2 Å². The summed E-state index contributed by atoms with van der Waals surface area (Å²) in [4.78, 5) is 0. The largest absolute Gasteiger partial charge is 0.696 e. The fraction of sp³-hybridized carbons (Fsp3) is 0.143. The van der Waals surface area contributed by atoms with Crippen LogP contribution >= 0.6 is 8.25 Å². The summed E-state index contributed by atoms with van der Waals surface area (Å²) < 4.78 is 21.2. The second-order valence-electron chi connectivity index (χ2n) is 3.27. The van der Waals surface area contributed by atoms with Crippen LogP contribution in [0, 0.1) is 7.14 Å². The quantitative estimate of drug-likeness (QED) is 0.571. The Bertz CT molecular complexity index is 433. The molecule has 100 valence electrons. The van der Waals surface area contributed by atoms with Crippen LogP contribution in [0.3, 0.4) is 0 Å². The van der Waals surface area contributed by atoms with Crippen molar-refractivity contribution in [2.75, 3.05) is 14.2 Å². The van der Waals surface area contributed by atoms with Crippen molar-refractivity contribution in [3.05, 3.63) is 67.8 Å². The van der Waals surface area contributed by atoms with Crippen LogP contribution in [0.5, 0.6) is 0 Å². The van der Waals surface area contributed by atoms with Crippen molar-refractivity contribution in [1.29, 1.82) is 0 Å². The maximum Gasteiger partial charge on any atom is 0.696 e. The Morgan fingerprint density at radius 1 is 0.789 bits per heavy atom. The lowest BCUT2D eigenvalue weighted by Gasteiger charge is -1.84.